The lowest BCUT2D eigenvalue weighted by atomic mass is 9.93. The highest BCUT2D eigenvalue weighted by molar-refractivity contribution is 5.93. The average molecular weight is 260 g/mol. The van der Waals surface area contributed by atoms with Gasteiger partial charge in [0, 0.05) is 18.2 Å². The van der Waals surface area contributed by atoms with Gasteiger partial charge < -0.3 is 15.8 Å². The maximum absolute atomic E-state index is 11.3. The second-order valence-corrected chi connectivity index (χ2v) is 5.47. The minimum absolute atomic E-state index is 0.0930. The number of hydrogen-bond donors (Lipinski definition) is 2. The summed E-state index contributed by atoms with van der Waals surface area (Å²) in [6, 6.07) is 6.03. The number of hydrogen-bond acceptors (Lipinski definition) is 3. The molecule has 1 amide bonds. The van der Waals surface area contributed by atoms with Crippen LogP contribution in [0.15, 0.2) is 18.2 Å². The van der Waals surface area contributed by atoms with Crippen molar-refractivity contribution in [3.8, 4) is 5.75 Å². The van der Waals surface area contributed by atoms with Gasteiger partial charge in [0.15, 0.2) is 0 Å². The van der Waals surface area contributed by atoms with E-state index in [0.29, 0.717) is 6.42 Å². The molecule has 0 bridgehead atoms. The number of aryl methyl sites for hydroxylation is 1. The van der Waals surface area contributed by atoms with Crippen molar-refractivity contribution in [3.63, 3.8) is 0 Å². The standard InChI is InChI=1S/C15H20N2O2/c16-12-3-1-2-4-14(12)19-11-6-7-13-10(9-11)5-8-15(18)17-13/h6-7,9,12,14H,1-5,8,16H2,(H,17,18). The van der Waals surface area contributed by atoms with Crippen molar-refractivity contribution in [2.75, 3.05) is 5.32 Å². The van der Waals surface area contributed by atoms with Crippen LogP contribution in [0.25, 0.3) is 0 Å². The van der Waals surface area contributed by atoms with E-state index in [2.05, 4.69) is 5.32 Å². The molecule has 4 nitrogen and oxygen atoms in total. The van der Waals surface area contributed by atoms with Crippen LogP contribution >= 0.6 is 0 Å². The van der Waals surface area contributed by atoms with E-state index in [1.165, 1.54) is 12.8 Å². The number of ether oxygens (including phenoxy) is 1. The number of nitrogens with two attached hydrogens (primary N) is 1. The van der Waals surface area contributed by atoms with Gasteiger partial charge in [0.2, 0.25) is 5.91 Å². The van der Waals surface area contributed by atoms with Crippen LogP contribution in [0.2, 0.25) is 0 Å². The Hall–Kier alpha value is -1.55. The number of carbonyl (C=O) groups excluding carboxylic acids is 1. The maximum Gasteiger partial charge on any atom is 0.224 e. The zero-order valence-corrected chi connectivity index (χ0v) is 11.0. The van der Waals surface area contributed by atoms with Crippen LogP contribution in [0.4, 0.5) is 5.69 Å². The molecule has 4 heteroatoms. The molecule has 3 N–H and O–H groups in total. The first-order valence-corrected chi connectivity index (χ1v) is 7.07. The van der Waals surface area contributed by atoms with Gasteiger partial charge >= 0.3 is 0 Å². The van der Waals surface area contributed by atoms with Crippen LogP contribution < -0.4 is 15.8 Å². The first-order valence-electron chi connectivity index (χ1n) is 7.07. The van der Waals surface area contributed by atoms with Crippen LogP contribution in [0, 0.1) is 0 Å². The molecule has 1 heterocycles. The summed E-state index contributed by atoms with van der Waals surface area (Å²) >= 11 is 0. The quantitative estimate of drug-likeness (QED) is 0.857. The van der Waals surface area contributed by atoms with E-state index in [9.17, 15) is 4.79 Å². The van der Waals surface area contributed by atoms with Gasteiger partial charge in [-0.3, -0.25) is 4.79 Å². The van der Waals surface area contributed by atoms with Crippen molar-refractivity contribution in [2.45, 2.75) is 50.7 Å². The molecule has 0 aromatic heterocycles. The first-order chi connectivity index (χ1) is 9.22. The lowest BCUT2D eigenvalue weighted by molar-refractivity contribution is -0.116. The van der Waals surface area contributed by atoms with E-state index in [1.54, 1.807) is 0 Å². The molecule has 1 aliphatic carbocycles. The number of carbonyl (C=O) groups is 1. The third kappa shape index (κ3) is 2.73. The summed E-state index contributed by atoms with van der Waals surface area (Å²) in [4.78, 5) is 11.3. The SMILES string of the molecule is NC1CCCCC1Oc1ccc2c(c1)CCC(=O)N2. The molecule has 0 radical (unpaired) electrons. The van der Waals surface area contributed by atoms with Crippen LogP contribution in [0.5, 0.6) is 5.75 Å². The summed E-state index contributed by atoms with van der Waals surface area (Å²) in [6.45, 7) is 0. The van der Waals surface area contributed by atoms with Gasteiger partial charge in [0.25, 0.3) is 0 Å². The molecule has 3 rings (SSSR count). The van der Waals surface area contributed by atoms with Crippen molar-refractivity contribution in [1.82, 2.24) is 0 Å². The summed E-state index contributed by atoms with van der Waals surface area (Å²) in [5, 5.41) is 2.88. The van der Waals surface area contributed by atoms with Gasteiger partial charge in [-0.1, -0.05) is 6.42 Å². The fourth-order valence-electron chi connectivity index (χ4n) is 2.88. The molecule has 0 saturated heterocycles. The smallest absolute Gasteiger partial charge is 0.224 e. The molecule has 102 valence electrons. The number of nitrogens with one attached hydrogen (secondary N) is 1. The van der Waals surface area contributed by atoms with Gasteiger partial charge in [-0.2, -0.15) is 0 Å². The minimum Gasteiger partial charge on any atom is -0.489 e. The van der Waals surface area contributed by atoms with Crippen LogP contribution in [-0.4, -0.2) is 18.1 Å². The van der Waals surface area contributed by atoms with Gasteiger partial charge in [-0.05, 0) is 49.4 Å². The van der Waals surface area contributed by atoms with Crippen molar-refractivity contribution < 1.29 is 9.53 Å². The molecule has 1 saturated carbocycles. The molecule has 19 heavy (non-hydrogen) atoms. The second kappa shape index (κ2) is 5.21. The van der Waals surface area contributed by atoms with Crippen LogP contribution in [0.1, 0.15) is 37.7 Å². The molecular weight excluding hydrogens is 240 g/mol. The highest BCUT2D eigenvalue weighted by atomic mass is 16.5. The van der Waals surface area contributed by atoms with Crippen molar-refractivity contribution in [3.05, 3.63) is 23.8 Å². The summed E-state index contributed by atoms with van der Waals surface area (Å²) in [5.41, 5.74) is 8.17. The second-order valence-electron chi connectivity index (χ2n) is 5.47. The van der Waals surface area contributed by atoms with Gasteiger partial charge in [0.05, 0.1) is 0 Å². The Morgan fingerprint density at radius 1 is 1.21 bits per heavy atom. The van der Waals surface area contributed by atoms with Crippen molar-refractivity contribution >= 4 is 11.6 Å². The number of anilines is 1. The van der Waals surface area contributed by atoms with Gasteiger partial charge in [-0.15, -0.1) is 0 Å². The molecule has 0 spiro atoms. The summed E-state index contributed by atoms with van der Waals surface area (Å²) in [6.07, 6.45) is 5.95. The third-order valence-electron chi connectivity index (χ3n) is 4.01. The third-order valence-corrected chi connectivity index (χ3v) is 4.01. The van der Waals surface area contributed by atoms with Crippen LogP contribution in [0.3, 0.4) is 0 Å². The molecule has 1 fully saturated rings. The fourth-order valence-corrected chi connectivity index (χ4v) is 2.88. The number of rotatable bonds is 2. The summed E-state index contributed by atoms with van der Waals surface area (Å²) < 4.78 is 6.02. The Morgan fingerprint density at radius 3 is 2.89 bits per heavy atom. The monoisotopic (exact) mass is 260 g/mol. The Kier molecular flexibility index (Phi) is 3.42. The number of amides is 1. The summed E-state index contributed by atoms with van der Waals surface area (Å²) in [5.74, 6) is 0.965. The highest BCUT2D eigenvalue weighted by Gasteiger charge is 2.24. The molecule has 2 atom stereocenters. The van der Waals surface area contributed by atoms with Crippen LogP contribution in [-0.2, 0) is 11.2 Å². The summed E-state index contributed by atoms with van der Waals surface area (Å²) in [7, 11) is 0. The average Bonchev–Trinajstić information content (AvgIpc) is 2.41. The van der Waals surface area contributed by atoms with Gasteiger partial charge in [-0.25, -0.2) is 0 Å². The lowest BCUT2D eigenvalue weighted by Crippen LogP contribution is -2.41. The lowest BCUT2D eigenvalue weighted by Gasteiger charge is -2.29. The molecule has 1 aromatic rings. The fraction of sp³-hybridized carbons (Fsp3) is 0.533. The zero-order chi connectivity index (χ0) is 13.2. The Labute approximate surface area is 113 Å². The van der Waals surface area contributed by atoms with Crippen molar-refractivity contribution in [2.24, 2.45) is 5.73 Å². The topological polar surface area (TPSA) is 64.3 Å². The molecule has 1 aromatic carbocycles. The molecule has 1 aliphatic heterocycles. The Morgan fingerprint density at radius 2 is 2.05 bits per heavy atom. The predicted molar refractivity (Wildman–Crippen MR) is 74.3 cm³/mol. The molecule has 2 aliphatic rings. The molecule has 2 unspecified atom stereocenters. The largest absolute Gasteiger partial charge is 0.489 e. The van der Waals surface area contributed by atoms with E-state index >= 15 is 0 Å². The van der Waals surface area contributed by atoms with E-state index in [1.807, 2.05) is 18.2 Å². The van der Waals surface area contributed by atoms with E-state index in [-0.39, 0.29) is 18.1 Å². The van der Waals surface area contributed by atoms with Crippen molar-refractivity contribution in [1.29, 1.82) is 0 Å². The Bertz CT molecular complexity index is 487. The maximum atomic E-state index is 11.3. The first kappa shape index (κ1) is 12.5. The van der Waals surface area contributed by atoms with E-state index in [4.69, 9.17) is 10.5 Å². The normalized spacial score (nSPS) is 26.5. The van der Waals surface area contributed by atoms with E-state index in [0.717, 1.165) is 36.3 Å². The zero-order valence-electron chi connectivity index (χ0n) is 11.0. The highest BCUT2D eigenvalue weighted by Crippen LogP contribution is 2.29. The predicted octanol–water partition coefficient (Wildman–Crippen LogP) is 2.22. The molecular formula is C15H20N2O2. The minimum atomic E-state index is 0.0930. The Balaban J connectivity index is 1.73. The number of benzene rings is 1. The number of fused-ring (bicyclic) bond motifs is 1. The van der Waals surface area contributed by atoms with Gasteiger partial charge in [0.1, 0.15) is 11.9 Å². The van der Waals surface area contributed by atoms with E-state index < -0.39 is 0 Å².